The van der Waals surface area contributed by atoms with E-state index in [1.54, 1.807) is 6.20 Å². The lowest BCUT2D eigenvalue weighted by Gasteiger charge is -2.07. The number of aromatic nitrogens is 3. The number of imidazole rings is 1. The van der Waals surface area contributed by atoms with E-state index in [0.29, 0.717) is 0 Å². The van der Waals surface area contributed by atoms with Crippen LogP contribution < -0.4 is 0 Å². The first kappa shape index (κ1) is 11.9. The molecule has 0 saturated heterocycles. The zero-order valence-electron chi connectivity index (χ0n) is 11.3. The Bertz CT molecular complexity index is 894. The molecule has 0 atom stereocenters. The van der Waals surface area contributed by atoms with Gasteiger partial charge in [0.25, 0.3) is 0 Å². The molecule has 0 bridgehead atoms. The predicted molar refractivity (Wildman–Crippen MR) is 84.3 cm³/mol. The maximum absolute atomic E-state index is 4.42. The van der Waals surface area contributed by atoms with Gasteiger partial charge in [-0.3, -0.25) is 4.57 Å². The summed E-state index contributed by atoms with van der Waals surface area (Å²) in [5, 5.41) is 0. The smallest absolute Gasteiger partial charge is 0.164 e. The first-order chi connectivity index (χ1) is 10.4. The van der Waals surface area contributed by atoms with E-state index in [2.05, 4.69) is 58.5 Å². The first-order valence-electron chi connectivity index (χ1n) is 6.86. The quantitative estimate of drug-likeness (QED) is 0.550. The van der Waals surface area contributed by atoms with Crippen LogP contribution in [0, 0.1) is 0 Å². The van der Waals surface area contributed by atoms with Crippen LogP contribution >= 0.6 is 0 Å². The van der Waals surface area contributed by atoms with E-state index in [0.717, 1.165) is 16.9 Å². The average molecular weight is 271 g/mol. The Morgan fingerprint density at radius 1 is 0.714 bits per heavy atom. The highest BCUT2D eigenvalue weighted by Gasteiger charge is 2.06. The number of pyridine rings is 1. The van der Waals surface area contributed by atoms with Crippen LogP contribution in [-0.4, -0.2) is 14.5 Å². The normalized spacial score (nSPS) is 10.9. The van der Waals surface area contributed by atoms with Crippen molar-refractivity contribution in [2.45, 2.75) is 0 Å². The maximum Gasteiger partial charge on any atom is 0.164 e. The van der Waals surface area contributed by atoms with Crippen LogP contribution in [0.25, 0.3) is 28.0 Å². The predicted octanol–water partition coefficient (Wildman–Crippen LogP) is 4.09. The molecule has 0 aliphatic heterocycles. The molecule has 2 heterocycles. The van der Waals surface area contributed by atoms with Gasteiger partial charge < -0.3 is 0 Å². The second kappa shape index (κ2) is 4.87. The highest BCUT2D eigenvalue weighted by Crippen LogP contribution is 2.23. The minimum absolute atomic E-state index is 0.878. The summed E-state index contributed by atoms with van der Waals surface area (Å²) in [7, 11) is 0. The molecule has 0 aliphatic rings. The number of rotatable bonds is 2. The van der Waals surface area contributed by atoms with E-state index < -0.39 is 0 Å². The van der Waals surface area contributed by atoms with E-state index in [9.17, 15) is 0 Å². The van der Waals surface area contributed by atoms with Gasteiger partial charge in [-0.2, -0.15) is 0 Å². The Hall–Kier alpha value is -2.94. The third-order valence-electron chi connectivity index (χ3n) is 3.54. The van der Waals surface area contributed by atoms with Gasteiger partial charge >= 0.3 is 0 Å². The summed E-state index contributed by atoms with van der Waals surface area (Å²) in [6.07, 6.45) is 3.61. The van der Waals surface area contributed by atoms with Gasteiger partial charge in [-0.05, 0) is 35.4 Å². The Kier molecular flexibility index (Phi) is 2.75. The molecule has 0 unspecified atom stereocenters. The first-order valence-corrected chi connectivity index (χ1v) is 6.86. The van der Waals surface area contributed by atoms with Gasteiger partial charge in [0.2, 0.25) is 0 Å². The van der Waals surface area contributed by atoms with Gasteiger partial charge in [-0.1, -0.05) is 42.5 Å². The van der Waals surface area contributed by atoms with Gasteiger partial charge in [-0.15, -0.1) is 0 Å². The molecule has 100 valence electrons. The molecule has 21 heavy (non-hydrogen) atoms. The minimum Gasteiger partial charge on any atom is -0.283 e. The molecule has 3 nitrogen and oxygen atoms in total. The number of hydrogen-bond donors (Lipinski definition) is 0. The van der Waals surface area contributed by atoms with Crippen molar-refractivity contribution in [1.82, 2.24) is 14.5 Å². The highest BCUT2D eigenvalue weighted by atomic mass is 15.1. The van der Waals surface area contributed by atoms with Crippen molar-refractivity contribution < 1.29 is 0 Å². The lowest BCUT2D eigenvalue weighted by molar-refractivity contribution is 1.07. The standard InChI is InChI=1S/C18H13N3/c1-2-6-14(7-3-1)15-8-4-9-16(12-15)21-13-20-17-10-5-11-19-18(17)21/h1-13H. The van der Waals surface area contributed by atoms with Crippen molar-refractivity contribution in [2.24, 2.45) is 0 Å². The summed E-state index contributed by atoms with van der Waals surface area (Å²) < 4.78 is 2.02. The van der Waals surface area contributed by atoms with Crippen LogP contribution in [-0.2, 0) is 0 Å². The lowest BCUT2D eigenvalue weighted by Crippen LogP contribution is -1.93. The third kappa shape index (κ3) is 2.09. The van der Waals surface area contributed by atoms with Crippen LogP contribution in [0.3, 0.4) is 0 Å². The van der Waals surface area contributed by atoms with Gasteiger partial charge in [0.1, 0.15) is 11.8 Å². The largest absolute Gasteiger partial charge is 0.283 e. The molecular formula is C18H13N3. The second-order valence-electron chi connectivity index (χ2n) is 4.88. The zero-order chi connectivity index (χ0) is 14.1. The molecule has 0 N–H and O–H groups in total. The molecule has 0 radical (unpaired) electrons. The molecule has 3 heteroatoms. The van der Waals surface area contributed by atoms with E-state index >= 15 is 0 Å². The third-order valence-corrected chi connectivity index (χ3v) is 3.54. The second-order valence-corrected chi connectivity index (χ2v) is 4.88. The number of benzene rings is 2. The SMILES string of the molecule is c1ccc(-c2cccc(-n3cnc4cccnc43)c2)cc1. The van der Waals surface area contributed by atoms with Crippen molar-refractivity contribution in [3.8, 4) is 16.8 Å². The fourth-order valence-electron chi connectivity index (χ4n) is 2.50. The summed E-state index contributed by atoms with van der Waals surface area (Å²) >= 11 is 0. The van der Waals surface area contributed by atoms with Gasteiger partial charge in [0.15, 0.2) is 5.65 Å². The summed E-state index contributed by atoms with van der Waals surface area (Å²) in [6, 6.07) is 22.6. The van der Waals surface area contributed by atoms with Gasteiger partial charge in [-0.25, -0.2) is 9.97 Å². The molecule has 0 spiro atoms. The monoisotopic (exact) mass is 271 g/mol. The van der Waals surface area contributed by atoms with Crippen molar-refractivity contribution in [2.75, 3.05) is 0 Å². The number of fused-ring (bicyclic) bond motifs is 1. The fourth-order valence-corrected chi connectivity index (χ4v) is 2.50. The fraction of sp³-hybridized carbons (Fsp3) is 0. The van der Waals surface area contributed by atoms with E-state index in [-0.39, 0.29) is 0 Å². The van der Waals surface area contributed by atoms with Crippen molar-refractivity contribution in [3.05, 3.63) is 79.3 Å². The average Bonchev–Trinajstić information content (AvgIpc) is 3.00. The summed E-state index contributed by atoms with van der Waals surface area (Å²) in [6.45, 7) is 0. The van der Waals surface area contributed by atoms with Gasteiger partial charge in [0, 0.05) is 11.9 Å². The van der Waals surface area contributed by atoms with Crippen molar-refractivity contribution in [1.29, 1.82) is 0 Å². The van der Waals surface area contributed by atoms with Gasteiger partial charge in [0.05, 0.1) is 0 Å². The van der Waals surface area contributed by atoms with Crippen LogP contribution in [0.15, 0.2) is 79.3 Å². The van der Waals surface area contributed by atoms with Crippen molar-refractivity contribution in [3.63, 3.8) is 0 Å². The van der Waals surface area contributed by atoms with E-state index in [4.69, 9.17) is 0 Å². The maximum atomic E-state index is 4.42. The lowest BCUT2D eigenvalue weighted by atomic mass is 10.1. The summed E-state index contributed by atoms with van der Waals surface area (Å²) in [4.78, 5) is 8.82. The van der Waals surface area contributed by atoms with Crippen LogP contribution in [0.2, 0.25) is 0 Å². The van der Waals surface area contributed by atoms with Crippen LogP contribution in [0.4, 0.5) is 0 Å². The Balaban J connectivity index is 1.87. The van der Waals surface area contributed by atoms with E-state index in [1.165, 1.54) is 11.1 Å². The van der Waals surface area contributed by atoms with Crippen LogP contribution in [0.5, 0.6) is 0 Å². The Labute approximate surface area is 122 Å². The molecule has 0 fully saturated rings. The summed E-state index contributed by atoms with van der Waals surface area (Å²) in [5.74, 6) is 0. The minimum atomic E-state index is 0.878. The molecule has 0 aliphatic carbocycles. The van der Waals surface area contributed by atoms with E-state index in [1.807, 2.05) is 29.1 Å². The number of nitrogens with zero attached hydrogens (tertiary/aromatic N) is 3. The zero-order valence-corrected chi connectivity index (χ0v) is 11.3. The Morgan fingerprint density at radius 2 is 1.57 bits per heavy atom. The highest BCUT2D eigenvalue weighted by molar-refractivity contribution is 5.74. The molecule has 0 amide bonds. The Morgan fingerprint density at radius 3 is 2.48 bits per heavy atom. The topological polar surface area (TPSA) is 30.7 Å². The molecular weight excluding hydrogens is 258 g/mol. The molecule has 4 aromatic rings. The molecule has 0 saturated carbocycles. The van der Waals surface area contributed by atoms with Crippen LogP contribution in [0.1, 0.15) is 0 Å². The van der Waals surface area contributed by atoms with Crippen molar-refractivity contribution >= 4 is 11.2 Å². The number of hydrogen-bond acceptors (Lipinski definition) is 2. The summed E-state index contributed by atoms with van der Waals surface area (Å²) in [5.41, 5.74) is 5.24. The molecule has 2 aromatic heterocycles. The molecule has 2 aromatic carbocycles. The molecule has 4 rings (SSSR count).